The molecule has 2 aromatic carbocycles. The minimum Gasteiger partial charge on any atom is -0.487 e. The molecule has 1 saturated heterocycles. The van der Waals surface area contributed by atoms with E-state index in [-0.39, 0.29) is 18.2 Å². The Bertz CT molecular complexity index is 1530. The number of hydrogen-bond donors (Lipinski definition) is 1. The first-order valence-electron chi connectivity index (χ1n) is 17.9. The zero-order chi connectivity index (χ0) is 33.8. The highest BCUT2D eigenvalue weighted by molar-refractivity contribution is 7.90. The number of anilines is 1. The molecule has 1 N–H and O–H groups in total. The minimum atomic E-state index is -3.86. The summed E-state index contributed by atoms with van der Waals surface area (Å²) >= 11 is 6.37. The van der Waals surface area contributed by atoms with Crippen LogP contribution in [0.1, 0.15) is 86.2 Å². The Balaban J connectivity index is 1.34. The number of amides is 1. The predicted molar refractivity (Wildman–Crippen MR) is 189 cm³/mol. The second-order valence-electron chi connectivity index (χ2n) is 14.4. The van der Waals surface area contributed by atoms with Crippen molar-refractivity contribution in [1.82, 2.24) is 9.62 Å². The van der Waals surface area contributed by atoms with Crippen LogP contribution in [0.4, 0.5) is 5.69 Å². The van der Waals surface area contributed by atoms with Crippen LogP contribution in [0.2, 0.25) is 5.02 Å². The van der Waals surface area contributed by atoms with E-state index < -0.39 is 21.2 Å². The van der Waals surface area contributed by atoms with Crippen molar-refractivity contribution in [3.05, 3.63) is 58.1 Å². The van der Waals surface area contributed by atoms with Crippen molar-refractivity contribution >= 4 is 33.2 Å². The van der Waals surface area contributed by atoms with Crippen molar-refractivity contribution < 1.29 is 27.4 Å². The lowest BCUT2D eigenvalue weighted by Gasteiger charge is -2.48. The lowest BCUT2D eigenvalue weighted by Crippen LogP contribution is -2.50. The highest BCUT2D eigenvalue weighted by atomic mass is 35.5. The van der Waals surface area contributed by atoms with Gasteiger partial charge in [0.1, 0.15) is 12.4 Å². The summed E-state index contributed by atoms with van der Waals surface area (Å²) in [6, 6.07) is 11.5. The quantitative estimate of drug-likeness (QED) is 0.392. The molecule has 2 bridgehead atoms. The van der Waals surface area contributed by atoms with Gasteiger partial charge in [0.15, 0.2) is 6.29 Å². The molecule has 3 heterocycles. The maximum atomic E-state index is 13.5. The molecule has 0 aromatic heterocycles. The predicted octanol–water partition coefficient (Wildman–Crippen LogP) is 6.42. The molecule has 1 aliphatic carbocycles. The molecule has 0 radical (unpaired) electrons. The summed E-state index contributed by atoms with van der Waals surface area (Å²) < 4.78 is 48.7. The molecule has 48 heavy (non-hydrogen) atoms. The number of nitrogens with zero attached hydrogens (tertiary/aromatic N) is 2. The van der Waals surface area contributed by atoms with Crippen molar-refractivity contribution in [3.8, 4) is 5.75 Å². The number of hydrogen-bond acceptors (Lipinski definition) is 8. The van der Waals surface area contributed by atoms with Crippen LogP contribution in [-0.4, -0.2) is 77.2 Å². The highest BCUT2D eigenvalue weighted by Gasteiger charge is 2.43. The first-order valence-corrected chi connectivity index (χ1v) is 19.8. The molecule has 4 atom stereocenters. The number of ether oxygens (including phenoxy) is 3. The third-order valence-corrected chi connectivity index (χ3v) is 13.3. The Morgan fingerprint density at radius 2 is 1.73 bits per heavy atom. The molecule has 4 aliphatic rings. The number of benzene rings is 2. The Hall–Kier alpha value is -2.37. The number of rotatable bonds is 3. The van der Waals surface area contributed by atoms with E-state index >= 15 is 0 Å². The summed E-state index contributed by atoms with van der Waals surface area (Å²) in [5, 5.41) is 0.0836. The smallest absolute Gasteiger partial charge is 0.264 e. The van der Waals surface area contributed by atoms with Gasteiger partial charge in [-0.05, 0) is 119 Å². The Morgan fingerprint density at radius 3 is 2.46 bits per heavy atom. The van der Waals surface area contributed by atoms with Crippen molar-refractivity contribution in [3.63, 3.8) is 0 Å². The summed E-state index contributed by atoms with van der Waals surface area (Å²) in [6.07, 6.45) is 8.37. The zero-order valence-electron chi connectivity index (χ0n) is 28.7. The summed E-state index contributed by atoms with van der Waals surface area (Å²) in [5.74, 6) is 1.20. The van der Waals surface area contributed by atoms with Gasteiger partial charge >= 0.3 is 0 Å². The summed E-state index contributed by atoms with van der Waals surface area (Å²) in [5.41, 5.74) is 3.44. The van der Waals surface area contributed by atoms with E-state index in [0.29, 0.717) is 55.8 Å². The first kappa shape index (κ1) is 35.5. The summed E-state index contributed by atoms with van der Waals surface area (Å²) in [4.78, 5) is 18.0. The van der Waals surface area contributed by atoms with Crippen molar-refractivity contribution in [2.24, 2.45) is 17.8 Å². The highest BCUT2D eigenvalue weighted by Crippen LogP contribution is 2.46. The van der Waals surface area contributed by atoms with E-state index in [1.165, 1.54) is 5.56 Å². The molecule has 1 saturated carbocycles. The van der Waals surface area contributed by atoms with Crippen LogP contribution in [0.15, 0.2) is 36.4 Å². The maximum Gasteiger partial charge on any atom is 0.264 e. The van der Waals surface area contributed by atoms with Crippen LogP contribution in [0.25, 0.3) is 0 Å². The van der Waals surface area contributed by atoms with Crippen LogP contribution in [-0.2, 0) is 32.5 Å². The van der Waals surface area contributed by atoms with Gasteiger partial charge < -0.3 is 24.0 Å². The van der Waals surface area contributed by atoms with E-state index in [0.717, 1.165) is 80.7 Å². The van der Waals surface area contributed by atoms with Crippen molar-refractivity contribution in [2.75, 3.05) is 45.3 Å². The number of sulfonamides is 1. The molecule has 3 aliphatic heterocycles. The van der Waals surface area contributed by atoms with Crippen molar-refractivity contribution in [2.45, 2.75) is 95.3 Å². The van der Waals surface area contributed by atoms with Crippen LogP contribution < -0.4 is 14.4 Å². The lowest BCUT2D eigenvalue weighted by atomic mass is 9.65. The summed E-state index contributed by atoms with van der Waals surface area (Å²) in [6.45, 7) is 5.17. The normalized spacial score (nSPS) is 30.1. The van der Waals surface area contributed by atoms with Crippen LogP contribution in [0, 0.1) is 17.8 Å². The zero-order valence-corrected chi connectivity index (χ0v) is 30.2. The molecule has 1 amide bonds. The van der Waals surface area contributed by atoms with Gasteiger partial charge in [-0.2, -0.15) is 0 Å². The molecule has 0 unspecified atom stereocenters. The standard InChI is InChI=1S/C37H52ClN3O6S/c1-4-31-10-5-6-11-33(37-46-23-30(24-47-37)40(2)3)32-16-13-27(32)21-41-18-8-7-9-25-19-29(38)15-12-28(25)22-45-35-17-14-26(20-34(35)41)36(42)39-48(31,43)44/h12,14-15,17,19-20,27,30-33,37H,4-11,13,16,18,21-24H2,1-3H3,(H,39,42)/t27-,30-,31+,32+,33-,37-/m0/s1. The van der Waals surface area contributed by atoms with Gasteiger partial charge in [-0.3, -0.25) is 4.79 Å². The molecule has 6 rings (SSSR count). The van der Waals surface area contributed by atoms with E-state index in [9.17, 15) is 13.2 Å². The maximum absolute atomic E-state index is 13.5. The number of nitrogens with one attached hydrogen (secondary N) is 1. The molecule has 11 heteroatoms. The second kappa shape index (κ2) is 15.7. The molecule has 264 valence electrons. The van der Waals surface area contributed by atoms with E-state index in [1.807, 2.05) is 37.3 Å². The van der Waals surface area contributed by atoms with Crippen LogP contribution >= 0.6 is 11.6 Å². The largest absolute Gasteiger partial charge is 0.487 e. The van der Waals surface area contributed by atoms with Gasteiger partial charge in [0.25, 0.3) is 5.91 Å². The molecule has 2 aromatic rings. The fraction of sp³-hybridized carbons (Fsp3) is 0.649. The number of aryl methyl sites for hydroxylation is 1. The average molecular weight is 702 g/mol. The number of likely N-dealkylation sites (N-methyl/N-ethyl adjacent to an activating group) is 1. The lowest BCUT2D eigenvalue weighted by molar-refractivity contribution is -0.240. The van der Waals surface area contributed by atoms with Gasteiger partial charge in [-0.15, -0.1) is 0 Å². The van der Waals surface area contributed by atoms with Gasteiger partial charge in [0, 0.05) is 29.6 Å². The number of carbonyl (C=O) groups is 1. The minimum absolute atomic E-state index is 0.237. The Morgan fingerprint density at radius 1 is 0.938 bits per heavy atom. The topological polar surface area (TPSA) is 97.4 Å². The van der Waals surface area contributed by atoms with Gasteiger partial charge in [0.2, 0.25) is 10.0 Å². The Kier molecular flexibility index (Phi) is 11.6. The molecular weight excluding hydrogens is 650 g/mol. The second-order valence-corrected chi connectivity index (χ2v) is 16.8. The summed E-state index contributed by atoms with van der Waals surface area (Å²) in [7, 11) is 0.252. The van der Waals surface area contributed by atoms with Gasteiger partial charge in [-0.1, -0.05) is 37.4 Å². The van der Waals surface area contributed by atoms with Crippen LogP contribution in [0.3, 0.4) is 0 Å². The van der Waals surface area contributed by atoms with Crippen LogP contribution in [0.5, 0.6) is 5.75 Å². The number of fused-ring (bicyclic) bond motifs is 3. The van der Waals surface area contributed by atoms with Gasteiger partial charge in [0.05, 0.1) is 30.2 Å². The third-order valence-electron chi connectivity index (χ3n) is 11.1. The van der Waals surface area contributed by atoms with E-state index in [4.69, 9.17) is 25.8 Å². The SMILES string of the molecule is CC[C@@H]1CCCC[C@H]([C@H]2OC[C@H](N(C)C)CO2)[C@@H]2CC[C@H]2CN2CCCCc3cc(Cl)ccc3COc3ccc(cc32)C(=O)NS1(=O)=O. The first-order chi connectivity index (χ1) is 23.1. The monoisotopic (exact) mass is 701 g/mol. The van der Waals surface area contributed by atoms with Gasteiger partial charge in [-0.25, -0.2) is 13.1 Å². The molecule has 2 fully saturated rings. The average Bonchev–Trinajstić information content (AvgIpc) is 3.08. The molecule has 0 spiro atoms. The van der Waals surface area contributed by atoms with E-state index in [2.05, 4.69) is 28.6 Å². The molecular formula is C37H52ClN3O6S. The Labute approximate surface area is 291 Å². The fourth-order valence-electron chi connectivity index (χ4n) is 7.96. The molecule has 9 nitrogen and oxygen atoms in total. The number of halogens is 1. The number of carbonyl (C=O) groups excluding carboxylic acids is 1. The third kappa shape index (κ3) is 8.15. The van der Waals surface area contributed by atoms with Crippen molar-refractivity contribution in [1.29, 1.82) is 0 Å². The van der Waals surface area contributed by atoms with E-state index in [1.54, 1.807) is 6.07 Å². The fourth-order valence-corrected chi connectivity index (χ4v) is 9.61.